The zero-order valence-electron chi connectivity index (χ0n) is 10.5. The van der Waals surface area contributed by atoms with E-state index in [1.54, 1.807) is 0 Å². The number of nitrogens with two attached hydrogens (primary N) is 1. The van der Waals surface area contributed by atoms with Crippen molar-refractivity contribution in [1.82, 2.24) is 0 Å². The molecule has 102 valence electrons. The fourth-order valence-corrected chi connectivity index (χ4v) is 1.68. The van der Waals surface area contributed by atoms with Crippen LogP contribution in [-0.4, -0.2) is 25.9 Å². The lowest BCUT2D eigenvalue weighted by Gasteiger charge is -2.21. The maximum absolute atomic E-state index is 13.5. The summed E-state index contributed by atoms with van der Waals surface area (Å²) in [6.07, 6.45) is 0. The van der Waals surface area contributed by atoms with Gasteiger partial charge < -0.3 is 20.3 Å². The summed E-state index contributed by atoms with van der Waals surface area (Å²) in [7, 11) is 2.76. The molecule has 0 saturated carbocycles. The first-order valence-electron chi connectivity index (χ1n) is 5.35. The number of methoxy groups -OCH3 is 2. The number of halogens is 2. The van der Waals surface area contributed by atoms with Gasteiger partial charge in [0.25, 0.3) is 5.92 Å². The van der Waals surface area contributed by atoms with Gasteiger partial charge in [-0.15, -0.1) is 0 Å². The van der Waals surface area contributed by atoms with Crippen molar-refractivity contribution in [3.63, 3.8) is 0 Å². The molecule has 0 aliphatic heterocycles. The first-order valence-corrected chi connectivity index (χ1v) is 5.35. The number of aliphatic hydroxyl groups excluding tert-OH is 1. The van der Waals surface area contributed by atoms with E-state index in [9.17, 15) is 8.78 Å². The Kier molecular flexibility index (Phi) is 4.48. The highest BCUT2D eigenvalue weighted by molar-refractivity contribution is 5.49. The lowest BCUT2D eigenvalue weighted by molar-refractivity contribution is 0.0156. The molecule has 1 rings (SSSR count). The molecular formula is C12H17F2NO3. The second kappa shape index (κ2) is 5.49. The molecule has 3 N–H and O–H groups in total. The van der Waals surface area contributed by atoms with E-state index in [4.69, 9.17) is 20.3 Å². The van der Waals surface area contributed by atoms with Crippen molar-refractivity contribution < 1.29 is 23.4 Å². The monoisotopic (exact) mass is 261 g/mol. The molecule has 1 atom stereocenters. The van der Waals surface area contributed by atoms with Crippen LogP contribution in [0.1, 0.15) is 24.1 Å². The summed E-state index contributed by atoms with van der Waals surface area (Å²) in [6.45, 7) is 0.334. The molecule has 0 amide bonds. The standard InChI is InChI=1S/C12H17F2NO3/c1-12(13,14)8-5-11(18-3)10(17-2)4-7(8)9(15)6-16/h4-5,9,16H,6,15H2,1-3H3. The predicted molar refractivity (Wildman–Crippen MR) is 63.1 cm³/mol. The molecule has 0 bridgehead atoms. The molecular weight excluding hydrogens is 244 g/mol. The summed E-state index contributed by atoms with van der Waals surface area (Å²) in [6, 6.07) is 1.65. The molecule has 0 aromatic heterocycles. The Hall–Kier alpha value is -1.40. The second-order valence-electron chi connectivity index (χ2n) is 3.97. The number of hydrogen-bond donors (Lipinski definition) is 2. The van der Waals surface area contributed by atoms with Gasteiger partial charge in [-0.1, -0.05) is 0 Å². The first kappa shape index (κ1) is 14.7. The number of rotatable bonds is 5. The average Bonchev–Trinajstić information content (AvgIpc) is 2.34. The van der Waals surface area contributed by atoms with Crippen LogP contribution in [0, 0.1) is 0 Å². The Balaban J connectivity index is 3.46. The van der Waals surface area contributed by atoms with Gasteiger partial charge in [-0.05, 0) is 17.7 Å². The van der Waals surface area contributed by atoms with Crippen LogP contribution in [0.2, 0.25) is 0 Å². The Morgan fingerprint density at radius 3 is 2.17 bits per heavy atom. The van der Waals surface area contributed by atoms with Gasteiger partial charge in [0.15, 0.2) is 11.5 Å². The number of ether oxygens (including phenoxy) is 2. The highest BCUT2D eigenvalue weighted by Gasteiger charge is 2.31. The highest BCUT2D eigenvalue weighted by Crippen LogP contribution is 2.39. The van der Waals surface area contributed by atoms with Gasteiger partial charge >= 0.3 is 0 Å². The van der Waals surface area contributed by atoms with Crippen LogP contribution in [0.3, 0.4) is 0 Å². The second-order valence-corrected chi connectivity index (χ2v) is 3.97. The summed E-state index contributed by atoms with van der Waals surface area (Å²) in [4.78, 5) is 0. The van der Waals surface area contributed by atoms with Crippen molar-refractivity contribution in [2.24, 2.45) is 5.73 Å². The molecule has 18 heavy (non-hydrogen) atoms. The number of alkyl halides is 2. The summed E-state index contributed by atoms with van der Waals surface area (Å²) in [5.41, 5.74) is 5.49. The summed E-state index contributed by atoms with van der Waals surface area (Å²) < 4.78 is 37.1. The van der Waals surface area contributed by atoms with E-state index in [2.05, 4.69) is 0 Å². The minimum atomic E-state index is -3.08. The highest BCUT2D eigenvalue weighted by atomic mass is 19.3. The smallest absolute Gasteiger partial charge is 0.270 e. The number of hydrogen-bond acceptors (Lipinski definition) is 4. The fraction of sp³-hybridized carbons (Fsp3) is 0.500. The van der Waals surface area contributed by atoms with Crippen LogP contribution < -0.4 is 15.2 Å². The molecule has 0 heterocycles. The molecule has 1 unspecified atom stereocenters. The third-order valence-electron chi connectivity index (χ3n) is 2.62. The van der Waals surface area contributed by atoms with Gasteiger partial charge in [-0.3, -0.25) is 0 Å². The van der Waals surface area contributed by atoms with Crippen molar-refractivity contribution in [1.29, 1.82) is 0 Å². The van der Waals surface area contributed by atoms with E-state index in [-0.39, 0.29) is 16.9 Å². The van der Waals surface area contributed by atoms with Crippen LogP contribution in [0.15, 0.2) is 12.1 Å². The SMILES string of the molecule is COc1cc(C(N)CO)c(C(C)(F)F)cc1OC. The summed E-state index contributed by atoms with van der Waals surface area (Å²) in [5.74, 6) is -2.59. The Morgan fingerprint density at radius 1 is 1.28 bits per heavy atom. The molecule has 4 nitrogen and oxygen atoms in total. The Morgan fingerprint density at radius 2 is 1.78 bits per heavy atom. The maximum atomic E-state index is 13.5. The first-order chi connectivity index (χ1) is 8.35. The molecule has 0 fully saturated rings. The van der Waals surface area contributed by atoms with E-state index >= 15 is 0 Å². The lowest BCUT2D eigenvalue weighted by atomic mass is 9.96. The van der Waals surface area contributed by atoms with Gasteiger partial charge in [0, 0.05) is 12.5 Å². The summed E-state index contributed by atoms with van der Waals surface area (Å²) in [5, 5.41) is 9.03. The Bertz CT molecular complexity index is 419. The third-order valence-corrected chi connectivity index (χ3v) is 2.62. The fourth-order valence-electron chi connectivity index (χ4n) is 1.68. The largest absolute Gasteiger partial charge is 0.493 e. The number of aliphatic hydroxyl groups is 1. The number of benzene rings is 1. The summed E-state index contributed by atoms with van der Waals surface area (Å²) >= 11 is 0. The topological polar surface area (TPSA) is 64.7 Å². The van der Waals surface area contributed by atoms with Gasteiger partial charge in [0.05, 0.1) is 26.9 Å². The van der Waals surface area contributed by atoms with Crippen molar-refractivity contribution in [2.75, 3.05) is 20.8 Å². The predicted octanol–water partition coefficient (Wildman–Crippen LogP) is 1.81. The zero-order valence-corrected chi connectivity index (χ0v) is 10.5. The molecule has 1 aromatic carbocycles. The van der Waals surface area contributed by atoms with Crippen molar-refractivity contribution in [3.05, 3.63) is 23.3 Å². The van der Waals surface area contributed by atoms with E-state index in [0.717, 1.165) is 6.92 Å². The van der Waals surface area contributed by atoms with Crippen LogP contribution in [0.5, 0.6) is 11.5 Å². The van der Waals surface area contributed by atoms with Crippen molar-refractivity contribution in [2.45, 2.75) is 18.9 Å². The molecule has 0 aliphatic carbocycles. The van der Waals surface area contributed by atoms with E-state index < -0.39 is 18.6 Å². The van der Waals surface area contributed by atoms with Gasteiger partial charge in [-0.25, -0.2) is 8.78 Å². The van der Waals surface area contributed by atoms with Crippen LogP contribution in [0.25, 0.3) is 0 Å². The normalized spacial score (nSPS) is 13.3. The van der Waals surface area contributed by atoms with Gasteiger partial charge in [0.2, 0.25) is 0 Å². The minimum absolute atomic E-state index is 0.141. The Labute approximate surface area is 104 Å². The van der Waals surface area contributed by atoms with Gasteiger partial charge in [-0.2, -0.15) is 0 Å². The zero-order chi connectivity index (χ0) is 13.9. The van der Waals surface area contributed by atoms with E-state index in [0.29, 0.717) is 5.75 Å². The van der Waals surface area contributed by atoms with Crippen molar-refractivity contribution >= 4 is 0 Å². The average molecular weight is 261 g/mol. The molecule has 6 heteroatoms. The van der Waals surface area contributed by atoms with Crippen LogP contribution >= 0.6 is 0 Å². The molecule has 0 saturated heterocycles. The van der Waals surface area contributed by atoms with E-state index in [1.165, 1.54) is 26.4 Å². The van der Waals surface area contributed by atoms with Gasteiger partial charge in [0.1, 0.15) is 0 Å². The van der Waals surface area contributed by atoms with Crippen molar-refractivity contribution in [3.8, 4) is 11.5 Å². The maximum Gasteiger partial charge on any atom is 0.270 e. The quantitative estimate of drug-likeness (QED) is 0.848. The lowest BCUT2D eigenvalue weighted by Crippen LogP contribution is -2.21. The third kappa shape index (κ3) is 2.88. The van der Waals surface area contributed by atoms with Crippen LogP contribution in [-0.2, 0) is 5.92 Å². The molecule has 0 spiro atoms. The van der Waals surface area contributed by atoms with E-state index in [1.807, 2.05) is 0 Å². The molecule has 1 aromatic rings. The molecule has 0 aliphatic rings. The van der Waals surface area contributed by atoms with Crippen LogP contribution in [0.4, 0.5) is 8.78 Å². The minimum Gasteiger partial charge on any atom is -0.493 e. The molecule has 0 radical (unpaired) electrons.